The number of amides is 1. The zero-order valence-corrected chi connectivity index (χ0v) is 22.7. The first-order valence-corrected chi connectivity index (χ1v) is 13.1. The molecule has 0 saturated heterocycles. The number of aromatic nitrogens is 2. The summed E-state index contributed by atoms with van der Waals surface area (Å²) in [5.74, 6) is -0.630. The van der Waals surface area contributed by atoms with Gasteiger partial charge < -0.3 is 20.3 Å². The number of carbonyl (C=O) groups excluding carboxylic acids is 1. The molecule has 0 radical (unpaired) electrons. The number of hydrogen-bond donors (Lipinski definition) is 3. The molecule has 1 aromatic heterocycles. The van der Waals surface area contributed by atoms with Gasteiger partial charge >= 0.3 is 12.8 Å². The van der Waals surface area contributed by atoms with Crippen LogP contribution in [0.2, 0.25) is 5.02 Å². The van der Waals surface area contributed by atoms with Crippen molar-refractivity contribution in [3.63, 3.8) is 0 Å². The molecule has 1 fully saturated rings. The lowest BCUT2D eigenvalue weighted by Crippen LogP contribution is -2.45. The Labute approximate surface area is 228 Å². The highest BCUT2D eigenvalue weighted by Gasteiger charge is 2.35. The molecule has 1 aromatic carbocycles. The molecule has 0 spiro atoms. The molecule has 1 amide bonds. The van der Waals surface area contributed by atoms with Crippen molar-refractivity contribution in [3.05, 3.63) is 34.5 Å². The Morgan fingerprint density at radius 2 is 1.92 bits per heavy atom. The Kier molecular flexibility index (Phi) is 9.55. The van der Waals surface area contributed by atoms with Crippen LogP contribution in [-0.2, 0) is 12.1 Å². The van der Waals surface area contributed by atoms with E-state index in [-0.39, 0.29) is 40.6 Å². The predicted molar refractivity (Wildman–Crippen MR) is 135 cm³/mol. The van der Waals surface area contributed by atoms with Crippen LogP contribution in [0.4, 0.5) is 22.0 Å². The van der Waals surface area contributed by atoms with Crippen molar-refractivity contribution in [1.29, 1.82) is 0 Å². The van der Waals surface area contributed by atoms with Crippen molar-refractivity contribution in [2.24, 2.45) is 5.92 Å². The maximum absolute atomic E-state index is 13.3. The Morgan fingerprint density at radius 3 is 2.49 bits per heavy atom. The smallest absolute Gasteiger partial charge is 0.389 e. The van der Waals surface area contributed by atoms with Gasteiger partial charge in [0.1, 0.15) is 5.75 Å². The highest BCUT2D eigenvalue weighted by molar-refractivity contribution is 6.36. The number of nitrogens with zero attached hydrogens (tertiary/aromatic N) is 2. The van der Waals surface area contributed by atoms with E-state index in [0.29, 0.717) is 18.8 Å². The van der Waals surface area contributed by atoms with Crippen molar-refractivity contribution in [2.45, 2.75) is 89.8 Å². The fraction of sp³-hybridized carbons (Fsp3) is 0.615. The summed E-state index contributed by atoms with van der Waals surface area (Å²) in [5, 5.41) is 28.2. The second-order valence-electron chi connectivity index (χ2n) is 10.4. The fourth-order valence-electron chi connectivity index (χ4n) is 4.65. The summed E-state index contributed by atoms with van der Waals surface area (Å²) in [7, 11) is 0. The molecule has 218 valence electrons. The number of nitrogens with one attached hydrogen (secondary N) is 1. The standard InChI is InChI=1S/C26H33ClF5N3O4/c1-4-35-21(19(27)20(34-35)22(36)33-14-25(38)9-7-15(2)8-10-25)17-6-5-16(13-18(17)39-23(28)29)24(3,37)11-12-26(30,31)32/h5-6,13,15,23,37-38H,4,7-12,14H2,1-3H3,(H,33,36). The van der Waals surface area contributed by atoms with Gasteiger partial charge in [0.05, 0.1) is 21.9 Å². The topological polar surface area (TPSA) is 96.6 Å². The molecule has 2 aromatic rings. The van der Waals surface area contributed by atoms with Crippen molar-refractivity contribution in [1.82, 2.24) is 15.1 Å². The van der Waals surface area contributed by atoms with E-state index in [2.05, 4.69) is 22.1 Å². The fourth-order valence-corrected chi connectivity index (χ4v) is 4.97. The van der Waals surface area contributed by atoms with Crippen molar-refractivity contribution < 1.29 is 41.7 Å². The van der Waals surface area contributed by atoms with Gasteiger partial charge in [0.25, 0.3) is 5.91 Å². The van der Waals surface area contributed by atoms with Crippen LogP contribution in [0.25, 0.3) is 11.3 Å². The lowest BCUT2D eigenvalue weighted by atomic mass is 9.79. The second kappa shape index (κ2) is 12.0. The number of ether oxygens (including phenoxy) is 1. The molecular formula is C26H33ClF5N3O4. The molecule has 0 bridgehead atoms. The first-order valence-electron chi connectivity index (χ1n) is 12.7. The van der Waals surface area contributed by atoms with Gasteiger partial charge in [-0.1, -0.05) is 24.6 Å². The quantitative estimate of drug-likeness (QED) is 0.297. The zero-order chi connectivity index (χ0) is 29.2. The molecular weight excluding hydrogens is 549 g/mol. The van der Waals surface area contributed by atoms with Crippen LogP contribution in [0, 0.1) is 5.92 Å². The number of hydrogen-bond acceptors (Lipinski definition) is 5. The average molecular weight is 582 g/mol. The Hall–Kier alpha value is -2.44. The summed E-state index contributed by atoms with van der Waals surface area (Å²) < 4.78 is 70.8. The monoisotopic (exact) mass is 581 g/mol. The number of aryl methyl sites for hydroxylation is 1. The van der Waals surface area contributed by atoms with Crippen molar-refractivity contribution in [2.75, 3.05) is 6.54 Å². The summed E-state index contributed by atoms with van der Waals surface area (Å²) in [4.78, 5) is 13.0. The second-order valence-corrected chi connectivity index (χ2v) is 10.8. The van der Waals surface area contributed by atoms with E-state index in [0.717, 1.165) is 25.8 Å². The molecule has 1 unspecified atom stereocenters. The summed E-state index contributed by atoms with van der Waals surface area (Å²) in [5.41, 5.74) is -3.23. The molecule has 1 atom stereocenters. The van der Waals surface area contributed by atoms with E-state index < -0.39 is 48.5 Å². The number of aliphatic hydroxyl groups is 2. The minimum Gasteiger partial charge on any atom is -0.434 e. The molecule has 13 heteroatoms. The highest BCUT2D eigenvalue weighted by Crippen LogP contribution is 2.41. The first kappa shape index (κ1) is 31.1. The normalized spacial score (nSPS) is 21.6. The average Bonchev–Trinajstić information content (AvgIpc) is 3.19. The summed E-state index contributed by atoms with van der Waals surface area (Å²) in [6.07, 6.45) is -3.79. The van der Waals surface area contributed by atoms with E-state index in [1.54, 1.807) is 6.92 Å². The maximum Gasteiger partial charge on any atom is 0.389 e. The van der Waals surface area contributed by atoms with Crippen LogP contribution in [-0.4, -0.2) is 50.8 Å². The number of halogens is 6. The number of alkyl halides is 5. The summed E-state index contributed by atoms with van der Waals surface area (Å²) in [6, 6.07) is 3.59. The number of benzene rings is 1. The highest BCUT2D eigenvalue weighted by atomic mass is 35.5. The van der Waals surface area contributed by atoms with Crippen LogP contribution in [0.5, 0.6) is 5.75 Å². The van der Waals surface area contributed by atoms with Gasteiger partial charge in [0.15, 0.2) is 5.69 Å². The van der Waals surface area contributed by atoms with E-state index in [1.165, 1.54) is 16.8 Å². The SMILES string of the molecule is CCn1nc(C(=O)NCC2(O)CCC(C)CC2)c(Cl)c1-c1ccc(C(C)(O)CCC(F)(F)F)cc1OC(F)F. The zero-order valence-electron chi connectivity index (χ0n) is 21.9. The van der Waals surface area contributed by atoms with Gasteiger partial charge in [-0.25, -0.2) is 0 Å². The Balaban J connectivity index is 1.93. The van der Waals surface area contributed by atoms with E-state index in [4.69, 9.17) is 11.6 Å². The minimum absolute atomic E-state index is 0.00367. The molecule has 0 aliphatic heterocycles. The third-order valence-corrected chi connectivity index (χ3v) is 7.52. The lowest BCUT2D eigenvalue weighted by molar-refractivity contribution is -0.146. The molecule has 3 rings (SSSR count). The van der Waals surface area contributed by atoms with Gasteiger partial charge in [-0.2, -0.15) is 27.1 Å². The van der Waals surface area contributed by atoms with Gasteiger partial charge in [0, 0.05) is 25.1 Å². The Morgan fingerprint density at radius 1 is 1.28 bits per heavy atom. The van der Waals surface area contributed by atoms with Crippen molar-refractivity contribution in [3.8, 4) is 17.0 Å². The third-order valence-electron chi connectivity index (χ3n) is 7.16. The van der Waals surface area contributed by atoms with Gasteiger partial charge in [-0.05, 0) is 69.6 Å². The minimum atomic E-state index is -4.52. The van der Waals surface area contributed by atoms with E-state index in [1.807, 2.05) is 0 Å². The van der Waals surface area contributed by atoms with E-state index >= 15 is 0 Å². The number of rotatable bonds is 10. The lowest BCUT2D eigenvalue weighted by Gasteiger charge is -2.34. The molecule has 3 N–H and O–H groups in total. The van der Waals surface area contributed by atoms with Gasteiger partial charge in [-0.3, -0.25) is 9.48 Å². The molecule has 7 nitrogen and oxygen atoms in total. The molecule has 39 heavy (non-hydrogen) atoms. The predicted octanol–water partition coefficient (Wildman–Crippen LogP) is 6.05. The van der Waals surface area contributed by atoms with Crippen molar-refractivity contribution >= 4 is 17.5 Å². The molecule has 1 aliphatic carbocycles. The Bertz CT molecular complexity index is 1160. The van der Waals surface area contributed by atoms with Crippen LogP contribution in [0.15, 0.2) is 18.2 Å². The van der Waals surface area contributed by atoms with E-state index in [9.17, 15) is 37.0 Å². The molecule has 1 aliphatic rings. The van der Waals surface area contributed by atoms with Crippen LogP contribution in [0.1, 0.15) is 75.3 Å². The molecule has 1 saturated carbocycles. The third kappa shape index (κ3) is 7.82. The van der Waals surface area contributed by atoms with Crippen LogP contribution in [0.3, 0.4) is 0 Å². The summed E-state index contributed by atoms with van der Waals surface area (Å²) in [6.45, 7) is 1.81. The maximum atomic E-state index is 13.3. The van der Waals surface area contributed by atoms with Crippen LogP contribution < -0.4 is 10.1 Å². The first-order chi connectivity index (χ1) is 18.0. The summed E-state index contributed by atoms with van der Waals surface area (Å²) >= 11 is 6.53. The van der Waals surface area contributed by atoms with Gasteiger partial charge in [0.2, 0.25) is 0 Å². The number of carbonyl (C=O) groups is 1. The van der Waals surface area contributed by atoms with Gasteiger partial charge in [-0.15, -0.1) is 0 Å². The largest absolute Gasteiger partial charge is 0.434 e. The molecule has 1 heterocycles. The van der Waals surface area contributed by atoms with Crippen LogP contribution >= 0.6 is 11.6 Å².